The van der Waals surface area contributed by atoms with Crippen LogP contribution in [0.4, 0.5) is 0 Å². The van der Waals surface area contributed by atoms with Crippen LogP contribution in [0.2, 0.25) is 0 Å². The molecule has 0 radical (unpaired) electrons. The van der Waals surface area contributed by atoms with Crippen LogP contribution in [0.15, 0.2) is 30.3 Å². The van der Waals surface area contributed by atoms with E-state index < -0.39 is 12.9 Å². The Bertz CT molecular complexity index is 404. The van der Waals surface area contributed by atoms with E-state index in [1.54, 1.807) is 6.92 Å². The van der Waals surface area contributed by atoms with E-state index >= 15 is 0 Å². The van der Waals surface area contributed by atoms with Crippen LogP contribution < -0.4 is 5.32 Å². The minimum atomic E-state index is -3.40. The quantitative estimate of drug-likeness (QED) is 0.743. The van der Waals surface area contributed by atoms with Crippen LogP contribution in [-0.2, 0) is 20.2 Å². The molecule has 6 heteroatoms. The summed E-state index contributed by atoms with van der Waals surface area (Å²) in [5.41, 5.74) is 1.02. The Morgan fingerprint density at radius 3 is 2.28 bits per heavy atom. The van der Waals surface area contributed by atoms with Gasteiger partial charge < -0.3 is 14.2 Å². The van der Waals surface area contributed by atoms with Gasteiger partial charge in [-0.3, -0.25) is 9.88 Å². The highest BCUT2D eigenvalue weighted by molar-refractivity contribution is 7.55. The lowest BCUT2D eigenvalue weighted by atomic mass is 10.2. The molecule has 102 valence electrons. The van der Waals surface area contributed by atoms with Gasteiger partial charge in [0.1, 0.15) is 5.28 Å². The van der Waals surface area contributed by atoms with Gasteiger partial charge in [-0.05, 0) is 12.5 Å². The number of hydrogen-bond acceptors (Lipinski definition) is 5. The maximum atomic E-state index is 12.4. The minimum absolute atomic E-state index is 0.348. The molecule has 1 aromatic carbocycles. The van der Waals surface area contributed by atoms with E-state index in [0.717, 1.165) is 5.56 Å². The monoisotopic (exact) mass is 273 g/mol. The van der Waals surface area contributed by atoms with Crippen molar-refractivity contribution in [2.24, 2.45) is 0 Å². The van der Waals surface area contributed by atoms with Crippen molar-refractivity contribution in [2.75, 3.05) is 20.8 Å². The van der Waals surface area contributed by atoms with E-state index in [2.05, 4.69) is 5.32 Å². The van der Waals surface area contributed by atoms with E-state index in [0.29, 0.717) is 6.54 Å². The minimum Gasteiger partial charge on any atom is -0.394 e. The lowest BCUT2D eigenvalue weighted by Gasteiger charge is -2.33. The predicted octanol–water partition coefficient (Wildman–Crippen LogP) is 1.97. The van der Waals surface area contributed by atoms with Crippen molar-refractivity contribution in [3.05, 3.63) is 35.9 Å². The molecule has 0 fully saturated rings. The third-order valence-electron chi connectivity index (χ3n) is 2.91. The van der Waals surface area contributed by atoms with Gasteiger partial charge in [0, 0.05) is 20.8 Å². The second kappa shape index (κ2) is 6.45. The molecule has 0 saturated heterocycles. The highest BCUT2D eigenvalue weighted by Crippen LogP contribution is 2.57. The number of benzene rings is 1. The molecule has 1 rings (SSSR count). The van der Waals surface area contributed by atoms with Crippen molar-refractivity contribution in [1.82, 2.24) is 5.32 Å². The van der Waals surface area contributed by atoms with Crippen LogP contribution >= 0.6 is 7.60 Å². The summed E-state index contributed by atoms with van der Waals surface area (Å²) in [6.07, 6.45) is 0. The molecule has 0 heterocycles. The number of aliphatic hydroxyl groups excluding tert-OH is 1. The zero-order valence-electron chi connectivity index (χ0n) is 10.9. The summed E-state index contributed by atoms with van der Waals surface area (Å²) in [7, 11) is -0.785. The third-order valence-corrected chi connectivity index (χ3v) is 5.38. The molecule has 0 amide bonds. The molecule has 0 aliphatic heterocycles. The molecular weight excluding hydrogens is 253 g/mol. The van der Waals surface area contributed by atoms with Crippen molar-refractivity contribution in [1.29, 1.82) is 0 Å². The van der Waals surface area contributed by atoms with Crippen molar-refractivity contribution >= 4 is 7.60 Å². The first-order valence-electron chi connectivity index (χ1n) is 5.63. The topological polar surface area (TPSA) is 67.8 Å². The molecule has 0 saturated carbocycles. The molecule has 1 unspecified atom stereocenters. The zero-order valence-corrected chi connectivity index (χ0v) is 11.8. The number of rotatable bonds is 7. The Morgan fingerprint density at radius 2 is 1.83 bits per heavy atom. The highest BCUT2D eigenvalue weighted by atomic mass is 31.2. The van der Waals surface area contributed by atoms with Gasteiger partial charge in [0.25, 0.3) is 0 Å². The van der Waals surface area contributed by atoms with E-state index in [-0.39, 0.29) is 6.61 Å². The predicted molar refractivity (Wildman–Crippen MR) is 70.4 cm³/mol. The molecule has 2 N–H and O–H groups in total. The normalized spacial score (nSPS) is 15.3. The summed E-state index contributed by atoms with van der Waals surface area (Å²) in [5, 5.41) is 11.4. The van der Waals surface area contributed by atoms with E-state index in [9.17, 15) is 9.67 Å². The van der Waals surface area contributed by atoms with Gasteiger partial charge in [-0.25, -0.2) is 0 Å². The summed E-state index contributed by atoms with van der Waals surface area (Å²) in [6.45, 7) is 1.73. The molecule has 1 aromatic rings. The maximum Gasteiger partial charge on any atom is 0.352 e. The van der Waals surface area contributed by atoms with Gasteiger partial charge in [-0.1, -0.05) is 30.3 Å². The fraction of sp³-hybridized carbons (Fsp3) is 0.500. The molecule has 0 bridgehead atoms. The summed E-state index contributed by atoms with van der Waals surface area (Å²) in [5.74, 6) is 0. The average molecular weight is 273 g/mol. The van der Waals surface area contributed by atoms with Crippen molar-refractivity contribution in [3.63, 3.8) is 0 Å². The fourth-order valence-electron chi connectivity index (χ4n) is 1.61. The number of hydrogen-bond donors (Lipinski definition) is 2. The van der Waals surface area contributed by atoms with Gasteiger partial charge in [0.15, 0.2) is 0 Å². The van der Waals surface area contributed by atoms with Gasteiger partial charge in [-0.2, -0.15) is 0 Å². The van der Waals surface area contributed by atoms with Gasteiger partial charge >= 0.3 is 7.60 Å². The molecule has 1 atom stereocenters. The first kappa shape index (κ1) is 15.3. The molecule has 0 aliphatic rings. The largest absolute Gasteiger partial charge is 0.394 e. The Labute approximate surface area is 108 Å². The smallest absolute Gasteiger partial charge is 0.352 e. The molecule has 18 heavy (non-hydrogen) atoms. The van der Waals surface area contributed by atoms with E-state index in [1.807, 2.05) is 30.3 Å². The Morgan fingerprint density at radius 1 is 1.28 bits per heavy atom. The Balaban J connectivity index is 2.81. The van der Waals surface area contributed by atoms with Crippen LogP contribution in [0.3, 0.4) is 0 Å². The van der Waals surface area contributed by atoms with Crippen molar-refractivity contribution in [2.45, 2.75) is 18.7 Å². The van der Waals surface area contributed by atoms with Crippen LogP contribution in [0.5, 0.6) is 0 Å². The summed E-state index contributed by atoms with van der Waals surface area (Å²) >= 11 is 0. The molecular formula is C12H20NO4P. The van der Waals surface area contributed by atoms with Crippen molar-refractivity contribution in [3.8, 4) is 0 Å². The van der Waals surface area contributed by atoms with Crippen LogP contribution in [0.1, 0.15) is 12.5 Å². The fourth-order valence-corrected chi connectivity index (χ4v) is 3.01. The average Bonchev–Trinajstić information content (AvgIpc) is 2.44. The van der Waals surface area contributed by atoms with Crippen LogP contribution in [0.25, 0.3) is 0 Å². The number of nitrogens with one attached hydrogen (secondary N) is 1. The Kier molecular flexibility index (Phi) is 5.50. The molecule has 5 nitrogen and oxygen atoms in total. The van der Waals surface area contributed by atoms with Crippen molar-refractivity contribution < 1.29 is 18.7 Å². The SMILES string of the molecule is COP(=O)(OC)C(C)(CO)NCc1ccccc1. The summed E-state index contributed by atoms with van der Waals surface area (Å²) < 4.78 is 22.2. The summed E-state index contributed by atoms with van der Waals surface area (Å²) in [6, 6.07) is 9.63. The van der Waals surface area contributed by atoms with Gasteiger partial charge in [0.2, 0.25) is 0 Å². The second-order valence-electron chi connectivity index (χ2n) is 4.13. The molecule has 0 aromatic heterocycles. The lowest BCUT2D eigenvalue weighted by Crippen LogP contribution is -2.45. The first-order valence-corrected chi connectivity index (χ1v) is 7.17. The van der Waals surface area contributed by atoms with Gasteiger partial charge in [-0.15, -0.1) is 0 Å². The first-order chi connectivity index (χ1) is 8.51. The molecule has 0 spiro atoms. The third kappa shape index (κ3) is 3.19. The van der Waals surface area contributed by atoms with E-state index in [1.165, 1.54) is 14.2 Å². The molecule has 0 aliphatic carbocycles. The highest BCUT2D eigenvalue weighted by Gasteiger charge is 2.45. The van der Waals surface area contributed by atoms with Gasteiger partial charge in [0.05, 0.1) is 6.61 Å². The standard InChI is InChI=1S/C12H20NO4P/c1-12(10-14,18(15,16-2)17-3)13-9-11-7-5-4-6-8-11/h4-8,13-14H,9-10H2,1-3H3. The van der Waals surface area contributed by atoms with Crippen LogP contribution in [-0.4, -0.2) is 31.2 Å². The van der Waals surface area contributed by atoms with E-state index in [4.69, 9.17) is 9.05 Å². The summed E-state index contributed by atoms with van der Waals surface area (Å²) in [4.78, 5) is 0. The second-order valence-corrected chi connectivity index (χ2v) is 6.85. The number of aliphatic hydroxyl groups is 1. The Hall–Kier alpha value is -0.710. The lowest BCUT2D eigenvalue weighted by molar-refractivity contribution is 0.173. The van der Waals surface area contributed by atoms with Crippen LogP contribution in [0, 0.1) is 0 Å². The maximum absolute atomic E-state index is 12.4. The zero-order chi connectivity index (χ0) is 13.6.